The van der Waals surface area contributed by atoms with E-state index in [1.165, 1.54) is 12.1 Å². The van der Waals surface area contributed by atoms with E-state index in [2.05, 4.69) is 20.5 Å². The van der Waals surface area contributed by atoms with Crippen LogP contribution in [0.2, 0.25) is 0 Å². The van der Waals surface area contributed by atoms with Crippen molar-refractivity contribution in [1.82, 2.24) is 15.5 Å². The number of ether oxygens (including phenoxy) is 1. The van der Waals surface area contributed by atoms with Gasteiger partial charge in [-0.3, -0.25) is 9.89 Å². The molecule has 1 aromatic heterocycles. The average Bonchev–Trinajstić information content (AvgIpc) is 3.25. The number of benzene rings is 1. The van der Waals surface area contributed by atoms with Crippen molar-refractivity contribution in [2.24, 2.45) is 4.99 Å². The Bertz CT molecular complexity index is 792. The molecule has 1 aliphatic rings. The highest BCUT2D eigenvalue weighted by Gasteiger charge is 2.14. The Hall–Kier alpha value is -2.45. The quantitative estimate of drug-likeness (QED) is 0.371. The molecule has 2 N–H and O–H groups in total. The van der Waals surface area contributed by atoms with E-state index < -0.39 is 11.6 Å². The van der Waals surface area contributed by atoms with E-state index in [1.54, 1.807) is 6.26 Å². The van der Waals surface area contributed by atoms with Crippen LogP contribution in [0.1, 0.15) is 30.7 Å². The lowest BCUT2D eigenvalue weighted by molar-refractivity contribution is 0.0377. The second-order valence-electron chi connectivity index (χ2n) is 7.33. The molecule has 1 aliphatic heterocycles. The summed E-state index contributed by atoms with van der Waals surface area (Å²) in [4.78, 5) is 7.02. The van der Waals surface area contributed by atoms with Gasteiger partial charge < -0.3 is 19.8 Å². The second-order valence-corrected chi connectivity index (χ2v) is 7.33. The number of nitrogens with one attached hydrogen (secondary N) is 2. The highest BCUT2D eigenvalue weighted by Crippen LogP contribution is 2.17. The molecule has 1 atom stereocenters. The lowest BCUT2D eigenvalue weighted by Crippen LogP contribution is -2.40. The topological polar surface area (TPSA) is 62.0 Å². The molecule has 2 heterocycles. The van der Waals surface area contributed by atoms with E-state index >= 15 is 0 Å². The molecular formula is C22H30F2N4O2. The highest BCUT2D eigenvalue weighted by atomic mass is 19.1. The maximum Gasteiger partial charge on any atom is 0.191 e. The molecule has 1 unspecified atom stereocenters. The third-order valence-corrected chi connectivity index (χ3v) is 5.03. The molecule has 1 fully saturated rings. The number of furan rings is 1. The van der Waals surface area contributed by atoms with E-state index in [9.17, 15) is 8.78 Å². The lowest BCUT2D eigenvalue weighted by atomic mass is 10.1. The van der Waals surface area contributed by atoms with E-state index in [-0.39, 0.29) is 6.04 Å². The average molecular weight is 421 g/mol. The van der Waals surface area contributed by atoms with Gasteiger partial charge in [-0.15, -0.1) is 0 Å². The first-order valence-electron chi connectivity index (χ1n) is 10.4. The minimum absolute atomic E-state index is 0.361. The number of hydrogen-bond donors (Lipinski definition) is 2. The number of halogens is 2. The maximum absolute atomic E-state index is 14.1. The SMILES string of the molecule is CC(NC(=NCCCN1CCOCC1)NCCc1ccco1)c1ccc(F)cc1F. The van der Waals surface area contributed by atoms with Gasteiger partial charge in [-0.05, 0) is 31.5 Å². The van der Waals surface area contributed by atoms with Crippen LogP contribution < -0.4 is 10.6 Å². The molecule has 1 saturated heterocycles. The highest BCUT2D eigenvalue weighted by molar-refractivity contribution is 5.80. The molecule has 0 saturated carbocycles. The van der Waals surface area contributed by atoms with Crippen molar-refractivity contribution < 1.29 is 17.9 Å². The number of hydrogen-bond acceptors (Lipinski definition) is 4. The Morgan fingerprint density at radius 2 is 2.07 bits per heavy atom. The monoisotopic (exact) mass is 420 g/mol. The molecule has 3 rings (SSSR count). The molecule has 2 aromatic rings. The maximum atomic E-state index is 14.1. The summed E-state index contributed by atoms with van der Waals surface area (Å²) in [6.07, 6.45) is 3.28. The molecule has 0 bridgehead atoms. The fourth-order valence-corrected chi connectivity index (χ4v) is 3.36. The van der Waals surface area contributed by atoms with Crippen molar-refractivity contribution in [3.05, 3.63) is 59.6 Å². The molecule has 1 aromatic carbocycles. The van der Waals surface area contributed by atoms with Crippen LogP contribution in [0.3, 0.4) is 0 Å². The van der Waals surface area contributed by atoms with Gasteiger partial charge in [-0.1, -0.05) is 6.07 Å². The Balaban J connectivity index is 1.55. The van der Waals surface area contributed by atoms with Crippen LogP contribution in [0, 0.1) is 11.6 Å². The predicted molar refractivity (Wildman–Crippen MR) is 113 cm³/mol. The van der Waals surface area contributed by atoms with Crippen molar-refractivity contribution in [2.45, 2.75) is 25.8 Å². The third kappa shape index (κ3) is 7.11. The summed E-state index contributed by atoms with van der Waals surface area (Å²) in [5, 5.41) is 6.50. The summed E-state index contributed by atoms with van der Waals surface area (Å²) in [7, 11) is 0. The Labute approximate surface area is 176 Å². The van der Waals surface area contributed by atoms with Crippen molar-refractivity contribution in [3.8, 4) is 0 Å². The molecule has 0 amide bonds. The fraction of sp³-hybridized carbons (Fsp3) is 0.500. The van der Waals surface area contributed by atoms with Crippen molar-refractivity contribution in [2.75, 3.05) is 45.9 Å². The predicted octanol–water partition coefficient (Wildman–Crippen LogP) is 3.12. The fourth-order valence-electron chi connectivity index (χ4n) is 3.36. The van der Waals surface area contributed by atoms with Crippen LogP contribution in [0.25, 0.3) is 0 Å². The van der Waals surface area contributed by atoms with Crippen LogP contribution in [-0.2, 0) is 11.2 Å². The Kier molecular flexibility index (Phi) is 8.65. The van der Waals surface area contributed by atoms with E-state index in [0.717, 1.165) is 51.1 Å². The van der Waals surface area contributed by atoms with Gasteiger partial charge in [-0.25, -0.2) is 8.78 Å². The van der Waals surface area contributed by atoms with Crippen LogP contribution in [0.15, 0.2) is 46.0 Å². The van der Waals surface area contributed by atoms with Gasteiger partial charge in [0, 0.05) is 50.8 Å². The first-order valence-corrected chi connectivity index (χ1v) is 10.4. The lowest BCUT2D eigenvalue weighted by Gasteiger charge is -2.26. The van der Waals surface area contributed by atoms with Gasteiger partial charge in [0.2, 0.25) is 0 Å². The van der Waals surface area contributed by atoms with Gasteiger partial charge in [0.1, 0.15) is 17.4 Å². The van der Waals surface area contributed by atoms with Crippen LogP contribution in [-0.4, -0.2) is 56.8 Å². The first kappa shape index (κ1) is 22.2. The number of nitrogens with zero attached hydrogens (tertiary/aromatic N) is 2. The summed E-state index contributed by atoms with van der Waals surface area (Å²) in [6, 6.07) is 7.04. The molecule has 164 valence electrons. The van der Waals surface area contributed by atoms with E-state index in [4.69, 9.17) is 9.15 Å². The summed E-state index contributed by atoms with van der Waals surface area (Å²) in [5.74, 6) is 0.320. The third-order valence-electron chi connectivity index (χ3n) is 5.03. The zero-order valence-corrected chi connectivity index (χ0v) is 17.4. The van der Waals surface area contributed by atoms with Crippen molar-refractivity contribution >= 4 is 5.96 Å². The smallest absolute Gasteiger partial charge is 0.191 e. The van der Waals surface area contributed by atoms with Gasteiger partial charge >= 0.3 is 0 Å². The van der Waals surface area contributed by atoms with Gasteiger partial charge in [0.25, 0.3) is 0 Å². The number of morpholine rings is 1. The molecule has 8 heteroatoms. The molecule has 0 radical (unpaired) electrons. The second kappa shape index (κ2) is 11.7. The van der Waals surface area contributed by atoms with Gasteiger partial charge in [-0.2, -0.15) is 0 Å². The molecule has 0 spiro atoms. The van der Waals surface area contributed by atoms with E-state index in [0.29, 0.717) is 31.0 Å². The number of aliphatic imine (C=N–C) groups is 1. The Morgan fingerprint density at radius 3 is 2.80 bits per heavy atom. The summed E-state index contributed by atoms with van der Waals surface area (Å²) < 4.78 is 38.1. The molecule has 6 nitrogen and oxygen atoms in total. The minimum Gasteiger partial charge on any atom is -0.469 e. The van der Waals surface area contributed by atoms with Gasteiger partial charge in [0.05, 0.1) is 25.5 Å². The minimum atomic E-state index is -0.586. The zero-order valence-electron chi connectivity index (χ0n) is 17.4. The largest absolute Gasteiger partial charge is 0.469 e. The zero-order chi connectivity index (χ0) is 21.2. The normalized spacial score (nSPS) is 16.4. The first-order chi connectivity index (χ1) is 14.6. The summed E-state index contributed by atoms with van der Waals surface area (Å²) in [5.41, 5.74) is 0.394. The van der Waals surface area contributed by atoms with E-state index in [1.807, 2.05) is 19.1 Å². The summed E-state index contributed by atoms with van der Waals surface area (Å²) >= 11 is 0. The standard InChI is InChI=1S/C22H30F2N4O2/c1-17(20-6-5-18(23)16-21(20)24)27-22(26-9-7-19-4-2-13-30-19)25-8-3-10-28-11-14-29-15-12-28/h2,4-6,13,16-17H,3,7-12,14-15H2,1H3,(H2,25,26,27). The van der Waals surface area contributed by atoms with Crippen molar-refractivity contribution in [3.63, 3.8) is 0 Å². The number of guanidine groups is 1. The van der Waals surface area contributed by atoms with Crippen molar-refractivity contribution in [1.29, 1.82) is 0 Å². The molecular weight excluding hydrogens is 390 g/mol. The Morgan fingerprint density at radius 1 is 1.23 bits per heavy atom. The molecule has 30 heavy (non-hydrogen) atoms. The molecule has 0 aliphatic carbocycles. The number of rotatable bonds is 9. The van der Waals surface area contributed by atoms with Crippen LogP contribution in [0.4, 0.5) is 8.78 Å². The van der Waals surface area contributed by atoms with Gasteiger partial charge in [0.15, 0.2) is 5.96 Å². The summed E-state index contributed by atoms with van der Waals surface area (Å²) in [6.45, 7) is 7.54. The van der Waals surface area contributed by atoms with Crippen LogP contribution in [0.5, 0.6) is 0 Å². The van der Waals surface area contributed by atoms with Crippen LogP contribution >= 0.6 is 0 Å².